The van der Waals surface area contributed by atoms with Crippen molar-refractivity contribution >= 4 is 23.1 Å². The molecule has 5 heteroatoms. The summed E-state index contributed by atoms with van der Waals surface area (Å²) in [5, 5.41) is 3.09. The summed E-state index contributed by atoms with van der Waals surface area (Å²) in [5.74, 6) is -0.236. The van der Waals surface area contributed by atoms with E-state index in [0.717, 1.165) is 47.5 Å². The number of carbonyl (C=O) groups excluding carboxylic acids is 2. The Bertz CT molecular complexity index is 1190. The van der Waals surface area contributed by atoms with E-state index in [9.17, 15) is 9.59 Å². The van der Waals surface area contributed by atoms with Crippen LogP contribution in [0.1, 0.15) is 70.4 Å². The molecule has 1 aliphatic heterocycles. The monoisotopic (exact) mass is 472 g/mol. The molecule has 0 spiro atoms. The molecule has 35 heavy (non-hydrogen) atoms. The number of fused-ring (bicyclic) bond motifs is 1. The maximum atomic E-state index is 13.8. The number of ether oxygens (including phenoxy) is 1. The first kappa shape index (κ1) is 24.9. The third-order valence-corrected chi connectivity index (χ3v) is 7.01. The van der Waals surface area contributed by atoms with E-state index < -0.39 is 11.8 Å². The molecule has 1 fully saturated rings. The van der Waals surface area contributed by atoms with Gasteiger partial charge in [-0.25, -0.2) is 0 Å². The summed E-state index contributed by atoms with van der Waals surface area (Å²) in [7, 11) is 0. The van der Waals surface area contributed by atoms with Crippen molar-refractivity contribution in [2.75, 3.05) is 11.9 Å². The van der Waals surface area contributed by atoms with Gasteiger partial charge in [-0.05, 0) is 49.8 Å². The van der Waals surface area contributed by atoms with Gasteiger partial charge >= 0.3 is 0 Å². The molecule has 1 unspecified atom stereocenters. The maximum absolute atomic E-state index is 13.8. The number of allylic oxidation sites excluding steroid dienone is 1. The van der Waals surface area contributed by atoms with Crippen molar-refractivity contribution in [2.24, 2.45) is 16.3 Å². The van der Waals surface area contributed by atoms with Gasteiger partial charge in [0.15, 0.2) is 0 Å². The molecule has 0 radical (unpaired) electrons. The van der Waals surface area contributed by atoms with Crippen LogP contribution in [-0.2, 0) is 9.59 Å². The molecule has 1 heterocycles. The fraction of sp³-hybridized carbons (Fsp3) is 0.433. The molecule has 0 bridgehead atoms. The van der Waals surface area contributed by atoms with Gasteiger partial charge in [-0.15, -0.1) is 0 Å². The highest BCUT2D eigenvalue weighted by Crippen LogP contribution is 2.48. The molecule has 184 valence electrons. The van der Waals surface area contributed by atoms with Gasteiger partial charge in [0, 0.05) is 40.6 Å². The standard InChI is InChI=1S/C30H36N2O3/c1-6-7-16-35-25-15-11-9-13-21(25)27-26(29(34)32-22-14-10-8-12-19(22)2)20(3)31-23-17-30(4,5)18-24(33)28(23)27/h8-15,27-28H,6-7,16-18H2,1-5H3,(H,32,34)/t27-,28?/m1/s1. The number of aryl methyl sites for hydroxylation is 1. The van der Waals surface area contributed by atoms with E-state index in [-0.39, 0.29) is 17.1 Å². The first-order valence-electron chi connectivity index (χ1n) is 12.6. The van der Waals surface area contributed by atoms with Crippen LogP contribution in [0.2, 0.25) is 0 Å². The Balaban J connectivity index is 1.82. The molecule has 1 N–H and O–H groups in total. The topological polar surface area (TPSA) is 67.8 Å². The summed E-state index contributed by atoms with van der Waals surface area (Å²) in [6.07, 6.45) is 3.18. The van der Waals surface area contributed by atoms with E-state index in [1.165, 1.54) is 0 Å². The predicted molar refractivity (Wildman–Crippen MR) is 141 cm³/mol. The number of anilines is 1. The van der Waals surface area contributed by atoms with Crippen LogP contribution < -0.4 is 10.1 Å². The number of para-hydroxylation sites is 2. The number of hydrogen-bond acceptors (Lipinski definition) is 4. The molecule has 5 nitrogen and oxygen atoms in total. The number of nitrogens with zero attached hydrogens (tertiary/aromatic N) is 1. The molecule has 2 aromatic carbocycles. The Morgan fingerprint density at radius 2 is 1.77 bits per heavy atom. The van der Waals surface area contributed by atoms with Gasteiger partial charge in [0.25, 0.3) is 5.91 Å². The third kappa shape index (κ3) is 5.24. The minimum absolute atomic E-state index is 0.141. The fourth-order valence-electron chi connectivity index (χ4n) is 5.32. The number of ketones is 1. The number of unbranched alkanes of at least 4 members (excludes halogenated alkanes) is 1. The summed E-state index contributed by atoms with van der Waals surface area (Å²) >= 11 is 0. The Labute approximate surface area is 208 Å². The molecule has 1 amide bonds. The molecule has 0 aromatic heterocycles. The smallest absolute Gasteiger partial charge is 0.254 e. The van der Waals surface area contributed by atoms with Gasteiger partial charge in [-0.3, -0.25) is 14.6 Å². The zero-order chi connectivity index (χ0) is 25.2. The van der Waals surface area contributed by atoms with Crippen LogP contribution in [0.25, 0.3) is 0 Å². The van der Waals surface area contributed by atoms with E-state index in [2.05, 4.69) is 26.1 Å². The number of benzene rings is 2. The lowest BCUT2D eigenvalue weighted by Gasteiger charge is -2.41. The molecule has 2 atom stereocenters. The zero-order valence-corrected chi connectivity index (χ0v) is 21.5. The van der Waals surface area contributed by atoms with Crippen molar-refractivity contribution in [1.29, 1.82) is 0 Å². The number of aliphatic imine (C=N–C) groups is 1. The van der Waals surface area contributed by atoms with Gasteiger partial charge in [0.2, 0.25) is 0 Å². The van der Waals surface area contributed by atoms with Gasteiger partial charge < -0.3 is 10.1 Å². The zero-order valence-electron chi connectivity index (χ0n) is 21.5. The molecular formula is C30H36N2O3. The highest BCUT2D eigenvalue weighted by Gasteiger charge is 2.48. The highest BCUT2D eigenvalue weighted by atomic mass is 16.5. The van der Waals surface area contributed by atoms with Gasteiger partial charge in [0.05, 0.1) is 12.5 Å². The molecule has 2 aromatic rings. The highest BCUT2D eigenvalue weighted by molar-refractivity contribution is 6.14. The summed E-state index contributed by atoms with van der Waals surface area (Å²) in [4.78, 5) is 32.3. The fourth-order valence-corrected chi connectivity index (χ4v) is 5.32. The van der Waals surface area contributed by atoms with E-state index in [1.807, 2.05) is 62.4 Å². The van der Waals surface area contributed by atoms with Gasteiger partial charge in [0.1, 0.15) is 11.5 Å². The number of carbonyl (C=O) groups is 2. The molecule has 1 aliphatic carbocycles. The van der Waals surface area contributed by atoms with Crippen molar-refractivity contribution < 1.29 is 14.3 Å². The molecule has 4 rings (SSSR count). The van der Waals surface area contributed by atoms with Crippen LogP contribution in [0.5, 0.6) is 5.75 Å². The molecule has 2 aliphatic rings. The van der Waals surface area contributed by atoms with Crippen LogP contribution in [0.3, 0.4) is 0 Å². The minimum Gasteiger partial charge on any atom is -0.493 e. The number of amides is 1. The normalized spacial score (nSPS) is 21.3. The van der Waals surface area contributed by atoms with Crippen molar-refractivity contribution in [3.8, 4) is 5.75 Å². The Morgan fingerprint density at radius 1 is 1.06 bits per heavy atom. The average Bonchev–Trinajstić information content (AvgIpc) is 2.79. The molecular weight excluding hydrogens is 436 g/mol. The maximum Gasteiger partial charge on any atom is 0.254 e. The third-order valence-electron chi connectivity index (χ3n) is 7.01. The van der Waals surface area contributed by atoms with Gasteiger partial charge in [-0.2, -0.15) is 0 Å². The second-order valence-corrected chi connectivity index (χ2v) is 10.6. The first-order chi connectivity index (χ1) is 16.7. The lowest BCUT2D eigenvalue weighted by Crippen LogP contribution is -2.44. The Morgan fingerprint density at radius 3 is 2.51 bits per heavy atom. The van der Waals surface area contributed by atoms with Crippen LogP contribution >= 0.6 is 0 Å². The summed E-state index contributed by atoms with van der Waals surface area (Å²) < 4.78 is 6.18. The first-order valence-corrected chi connectivity index (χ1v) is 12.6. The number of rotatable bonds is 7. The Hall–Kier alpha value is -3.21. The lowest BCUT2D eigenvalue weighted by molar-refractivity contribution is -0.124. The van der Waals surface area contributed by atoms with Gasteiger partial charge in [-0.1, -0.05) is 63.6 Å². The van der Waals surface area contributed by atoms with Crippen molar-refractivity contribution in [3.63, 3.8) is 0 Å². The van der Waals surface area contributed by atoms with E-state index in [4.69, 9.17) is 9.73 Å². The minimum atomic E-state index is -0.458. The largest absolute Gasteiger partial charge is 0.493 e. The Kier molecular flexibility index (Phi) is 7.25. The molecule has 0 saturated heterocycles. The second-order valence-electron chi connectivity index (χ2n) is 10.6. The average molecular weight is 473 g/mol. The molecule has 1 saturated carbocycles. The number of nitrogens with one attached hydrogen (secondary N) is 1. The summed E-state index contributed by atoms with van der Waals surface area (Å²) in [6, 6.07) is 15.6. The van der Waals surface area contributed by atoms with Crippen LogP contribution in [0.4, 0.5) is 5.69 Å². The van der Waals surface area contributed by atoms with Crippen molar-refractivity contribution in [2.45, 2.75) is 66.2 Å². The van der Waals surface area contributed by atoms with E-state index >= 15 is 0 Å². The predicted octanol–water partition coefficient (Wildman–Crippen LogP) is 6.63. The summed E-state index contributed by atoms with van der Waals surface area (Å²) in [6.45, 7) is 10.8. The van der Waals surface area contributed by atoms with Crippen LogP contribution in [0.15, 0.2) is 64.8 Å². The van der Waals surface area contributed by atoms with E-state index in [1.54, 1.807) is 0 Å². The van der Waals surface area contributed by atoms with Crippen LogP contribution in [0, 0.1) is 18.3 Å². The van der Waals surface area contributed by atoms with E-state index in [0.29, 0.717) is 24.3 Å². The quantitative estimate of drug-likeness (QED) is 0.460. The SMILES string of the molecule is CCCCOc1ccccc1[C@@H]1C(C(=O)Nc2ccccc2C)=C(C)N=C2CC(C)(C)CC(=O)C21. The van der Waals surface area contributed by atoms with Crippen molar-refractivity contribution in [1.82, 2.24) is 0 Å². The second kappa shape index (κ2) is 10.2. The lowest BCUT2D eigenvalue weighted by atomic mass is 9.63. The van der Waals surface area contributed by atoms with Crippen LogP contribution in [-0.4, -0.2) is 24.0 Å². The number of hydrogen-bond donors (Lipinski definition) is 1. The summed E-state index contributed by atoms with van der Waals surface area (Å²) in [5.41, 5.74) is 4.56. The number of Topliss-reactive ketones (excluding diaryl/α,β-unsaturated/α-hetero) is 1. The van der Waals surface area contributed by atoms with Crippen molar-refractivity contribution in [3.05, 3.63) is 70.9 Å².